The second-order valence-corrected chi connectivity index (χ2v) is 2.19. The van der Waals surface area contributed by atoms with Gasteiger partial charge in [-0.2, -0.15) is 0 Å². The summed E-state index contributed by atoms with van der Waals surface area (Å²) in [5.74, 6) is 0. The molecule has 0 aliphatic carbocycles. The van der Waals surface area contributed by atoms with Crippen LogP contribution in [0, 0.1) is 0 Å². The number of carbonyl (C=O) groups is 1. The van der Waals surface area contributed by atoms with Crippen LogP contribution in [0.15, 0.2) is 37.0 Å². The third-order valence-corrected chi connectivity index (χ3v) is 1.36. The molecule has 0 atom stereocenters. The molecule has 1 rings (SSSR count). The third-order valence-electron chi connectivity index (χ3n) is 1.36. The van der Waals surface area contributed by atoms with Crippen LogP contribution in [0.4, 0.5) is 11.4 Å². The largest absolute Gasteiger partial charge is 0.362 e. The van der Waals surface area contributed by atoms with Crippen LogP contribution in [0.5, 0.6) is 0 Å². The highest BCUT2D eigenvalue weighted by atomic mass is 16.1. The molecule has 0 saturated heterocycles. The number of hydrogen-bond donors (Lipinski definition) is 2. The van der Waals surface area contributed by atoms with Gasteiger partial charge in [-0.15, -0.1) is 0 Å². The number of hydrogen-bond acceptors (Lipinski definition) is 2. The molecule has 1 aromatic rings. The van der Waals surface area contributed by atoms with Gasteiger partial charge in [-0.05, 0) is 24.4 Å². The maximum absolute atomic E-state index is 10.1. The van der Waals surface area contributed by atoms with Crippen molar-refractivity contribution in [3.63, 3.8) is 0 Å². The number of nitrogens with one attached hydrogen (secondary N) is 2. The Morgan fingerprint density at radius 2 is 1.92 bits per heavy atom. The van der Waals surface area contributed by atoms with Crippen LogP contribution in [0.25, 0.3) is 0 Å². The molecule has 0 heterocycles. The van der Waals surface area contributed by atoms with E-state index in [1.165, 1.54) is 0 Å². The summed E-state index contributed by atoms with van der Waals surface area (Å²) in [7, 11) is 0. The lowest BCUT2D eigenvalue weighted by Crippen LogP contribution is -1.94. The summed E-state index contributed by atoms with van der Waals surface area (Å²) in [6.45, 7) is 3.53. The van der Waals surface area contributed by atoms with E-state index in [-0.39, 0.29) is 0 Å². The van der Waals surface area contributed by atoms with Gasteiger partial charge < -0.3 is 10.6 Å². The lowest BCUT2D eigenvalue weighted by atomic mass is 10.3. The third kappa shape index (κ3) is 2.12. The fraction of sp³-hybridized carbons (Fsp3) is 0. The van der Waals surface area contributed by atoms with Crippen molar-refractivity contribution in [3.8, 4) is 0 Å². The monoisotopic (exact) mass is 162 g/mol. The van der Waals surface area contributed by atoms with E-state index in [1.54, 1.807) is 6.20 Å². The van der Waals surface area contributed by atoms with Crippen LogP contribution in [-0.4, -0.2) is 6.41 Å². The SMILES string of the molecule is C=CNc1cccc(NC=O)c1. The highest BCUT2D eigenvalue weighted by Crippen LogP contribution is 2.13. The van der Waals surface area contributed by atoms with Crippen LogP contribution < -0.4 is 10.6 Å². The van der Waals surface area contributed by atoms with Crippen LogP contribution in [-0.2, 0) is 4.79 Å². The molecule has 0 aromatic heterocycles. The molecule has 2 N–H and O–H groups in total. The van der Waals surface area contributed by atoms with Gasteiger partial charge in [0.15, 0.2) is 0 Å². The molecule has 0 aliphatic rings. The van der Waals surface area contributed by atoms with Crippen molar-refractivity contribution >= 4 is 17.8 Å². The number of benzene rings is 1. The van der Waals surface area contributed by atoms with E-state index in [4.69, 9.17) is 0 Å². The zero-order valence-corrected chi connectivity index (χ0v) is 6.58. The average Bonchev–Trinajstić information content (AvgIpc) is 2.06. The van der Waals surface area contributed by atoms with Gasteiger partial charge in [0.1, 0.15) is 0 Å². The molecular weight excluding hydrogens is 152 g/mol. The smallest absolute Gasteiger partial charge is 0.211 e. The number of rotatable bonds is 4. The molecule has 0 radical (unpaired) electrons. The van der Waals surface area contributed by atoms with Gasteiger partial charge in [-0.25, -0.2) is 0 Å². The first-order valence-electron chi connectivity index (χ1n) is 3.54. The van der Waals surface area contributed by atoms with E-state index >= 15 is 0 Å². The average molecular weight is 162 g/mol. The molecule has 0 unspecified atom stereocenters. The van der Waals surface area contributed by atoms with Crippen LogP contribution >= 0.6 is 0 Å². The topological polar surface area (TPSA) is 41.1 Å². The van der Waals surface area contributed by atoms with Crippen molar-refractivity contribution in [2.45, 2.75) is 0 Å². The Morgan fingerprint density at radius 1 is 1.25 bits per heavy atom. The first-order valence-corrected chi connectivity index (χ1v) is 3.54. The van der Waals surface area contributed by atoms with Crippen molar-refractivity contribution in [3.05, 3.63) is 37.0 Å². The lowest BCUT2D eigenvalue weighted by Gasteiger charge is -2.02. The molecule has 3 nitrogen and oxygen atoms in total. The van der Waals surface area contributed by atoms with Crippen LogP contribution in [0.3, 0.4) is 0 Å². The summed E-state index contributed by atoms with van der Waals surface area (Å²) in [6, 6.07) is 7.36. The molecule has 3 heteroatoms. The molecule has 0 saturated carbocycles. The van der Waals surface area contributed by atoms with Crippen molar-refractivity contribution in [2.75, 3.05) is 10.6 Å². The van der Waals surface area contributed by atoms with E-state index in [1.807, 2.05) is 24.3 Å². The van der Waals surface area contributed by atoms with Gasteiger partial charge in [0.05, 0.1) is 0 Å². The highest BCUT2D eigenvalue weighted by molar-refractivity contribution is 5.73. The summed E-state index contributed by atoms with van der Waals surface area (Å²) in [6.07, 6.45) is 2.23. The van der Waals surface area contributed by atoms with Gasteiger partial charge in [-0.3, -0.25) is 4.79 Å². The fourth-order valence-corrected chi connectivity index (χ4v) is 0.885. The first-order chi connectivity index (χ1) is 5.86. The standard InChI is InChI=1S/C9H10N2O/c1-2-10-8-4-3-5-9(6-8)11-7-12/h2-7,10H,1H2,(H,11,12). The summed E-state index contributed by atoms with van der Waals surface area (Å²) < 4.78 is 0. The quantitative estimate of drug-likeness (QED) is 0.663. The predicted octanol–water partition coefficient (Wildman–Crippen LogP) is 1.81. The van der Waals surface area contributed by atoms with Gasteiger partial charge in [-0.1, -0.05) is 12.6 Å². The normalized spacial score (nSPS) is 8.67. The van der Waals surface area contributed by atoms with E-state index < -0.39 is 0 Å². The summed E-state index contributed by atoms with van der Waals surface area (Å²) in [4.78, 5) is 10.1. The predicted molar refractivity (Wildman–Crippen MR) is 49.9 cm³/mol. The number of carbonyl (C=O) groups excluding carboxylic acids is 1. The molecule has 1 amide bonds. The molecule has 0 bridgehead atoms. The number of anilines is 2. The zero-order valence-electron chi connectivity index (χ0n) is 6.58. The molecule has 0 aliphatic heterocycles. The molecule has 1 aromatic carbocycles. The van der Waals surface area contributed by atoms with Gasteiger partial charge >= 0.3 is 0 Å². The Kier molecular flexibility index (Phi) is 2.90. The Balaban J connectivity index is 2.79. The van der Waals surface area contributed by atoms with Crippen molar-refractivity contribution in [1.82, 2.24) is 0 Å². The minimum absolute atomic E-state index is 0.646. The van der Waals surface area contributed by atoms with E-state index in [2.05, 4.69) is 17.2 Å². The molecule has 62 valence electrons. The minimum atomic E-state index is 0.646. The maximum atomic E-state index is 10.1. The van der Waals surface area contributed by atoms with Crippen LogP contribution in [0.2, 0.25) is 0 Å². The molecule has 12 heavy (non-hydrogen) atoms. The Hall–Kier alpha value is -1.77. The van der Waals surface area contributed by atoms with E-state index in [0.717, 1.165) is 11.4 Å². The maximum Gasteiger partial charge on any atom is 0.211 e. The Bertz CT molecular complexity index is 258. The van der Waals surface area contributed by atoms with Crippen molar-refractivity contribution in [2.24, 2.45) is 0 Å². The summed E-state index contributed by atoms with van der Waals surface area (Å²) in [5.41, 5.74) is 1.66. The van der Waals surface area contributed by atoms with E-state index in [9.17, 15) is 4.79 Å². The Morgan fingerprint density at radius 3 is 2.50 bits per heavy atom. The molecular formula is C9H10N2O. The number of amides is 1. The van der Waals surface area contributed by atoms with Gasteiger partial charge in [0, 0.05) is 11.4 Å². The lowest BCUT2D eigenvalue weighted by molar-refractivity contribution is -0.105. The minimum Gasteiger partial charge on any atom is -0.362 e. The zero-order chi connectivity index (χ0) is 8.81. The van der Waals surface area contributed by atoms with Gasteiger partial charge in [0.2, 0.25) is 6.41 Å². The summed E-state index contributed by atoms with van der Waals surface area (Å²) in [5, 5.41) is 5.47. The van der Waals surface area contributed by atoms with Crippen molar-refractivity contribution < 1.29 is 4.79 Å². The second-order valence-electron chi connectivity index (χ2n) is 2.19. The first kappa shape index (κ1) is 8.33. The molecule has 0 fully saturated rings. The van der Waals surface area contributed by atoms with E-state index in [0.29, 0.717) is 6.41 Å². The fourth-order valence-electron chi connectivity index (χ4n) is 0.885. The summed E-state index contributed by atoms with van der Waals surface area (Å²) >= 11 is 0. The van der Waals surface area contributed by atoms with Gasteiger partial charge in [0.25, 0.3) is 0 Å². The highest BCUT2D eigenvalue weighted by Gasteiger charge is 1.90. The second kappa shape index (κ2) is 4.18. The van der Waals surface area contributed by atoms with Crippen LogP contribution in [0.1, 0.15) is 0 Å². The molecule has 0 spiro atoms. The van der Waals surface area contributed by atoms with Crippen molar-refractivity contribution in [1.29, 1.82) is 0 Å². The Labute approximate surface area is 71.1 Å².